The summed E-state index contributed by atoms with van der Waals surface area (Å²) < 4.78 is 0. The van der Waals surface area contributed by atoms with E-state index in [0.29, 0.717) is 0 Å². The van der Waals surface area contributed by atoms with E-state index in [2.05, 4.69) is 43.6 Å². The average Bonchev–Trinajstić information content (AvgIpc) is 3.05. The van der Waals surface area contributed by atoms with Gasteiger partial charge in [0.15, 0.2) is 0 Å². The van der Waals surface area contributed by atoms with Gasteiger partial charge in [-0.25, -0.2) is 0 Å². The molecular weight excluding hydrogens is 360 g/mol. The first-order chi connectivity index (χ1) is 8.24. The van der Waals surface area contributed by atoms with E-state index in [-0.39, 0.29) is 0 Å². The summed E-state index contributed by atoms with van der Waals surface area (Å²) in [5, 5.41) is 1.86. The fourth-order valence-electron chi connectivity index (χ4n) is 4.89. The lowest BCUT2D eigenvalue weighted by Crippen LogP contribution is -2.32. The van der Waals surface area contributed by atoms with Crippen LogP contribution >= 0.6 is 43.6 Å². The number of fused-ring (bicyclic) bond motifs is 4. The van der Waals surface area contributed by atoms with Gasteiger partial charge in [0.25, 0.3) is 0 Å². The van der Waals surface area contributed by atoms with E-state index >= 15 is 0 Å². The van der Waals surface area contributed by atoms with E-state index in [4.69, 9.17) is 0 Å². The molecule has 0 nitrogen and oxygen atoms in total. The summed E-state index contributed by atoms with van der Waals surface area (Å²) >= 11 is 10.4. The predicted octanol–water partition coefficient (Wildman–Crippen LogP) is 4.84. The maximum Gasteiger partial charge on any atom is 0.0295 e. The van der Waals surface area contributed by atoms with Crippen molar-refractivity contribution in [3.63, 3.8) is 0 Å². The molecule has 4 aliphatic carbocycles. The van der Waals surface area contributed by atoms with Crippen LogP contribution in [-0.4, -0.2) is 20.2 Å². The summed E-state index contributed by atoms with van der Waals surface area (Å²) in [5.41, 5.74) is 0. The molecule has 0 aromatic rings. The summed E-state index contributed by atoms with van der Waals surface area (Å²) in [5.74, 6) is 4.08. The Labute approximate surface area is 125 Å². The molecule has 17 heavy (non-hydrogen) atoms. The molecular formula is C14H20Br2S. The molecule has 0 aromatic heterocycles. The third-order valence-electron chi connectivity index (χ3n) is 5.80. The highest BCUT2D eigenvalue weighted by Crippen LogP contribution is 2.59. The minimum Gasteiger partial charge on any atom is -0.152 e. The van der Waals surface area contributed by atoms with Gasteiger partial charge in [-0.2, -0.15) is 11.8 Å². The largest absolute Gasteiger partial charge is 0.152 e. The second kappa shape index (κ2) is 4.41. The van der Waals surface area contributed by atoms with Crippen molar-refractivity contribution in [3.05, 3.63) is 0 Å². The fourth-order valence-corrected chi connectivity index (χ4v) is 9.51. The highest BCUT2D eigenvalue weighted by Gasteiger charge is 2.52. The van der Waals surface area contributed by atoms with Crippen molar-refractivity contribution in [2.75, 3.05) is 0 Å². The molecule has 0 unspecified atom stereocenters. The molecule has 4 bridgehead atoms. The van der Waals surface area contributed by atoms with Crippen molar-refractivity contribution in [1.82, 2.24) is 0 Å². The van der Waals surface area contributed by atoms with Crippen molar-refractivity contribution in [3.8, 4) is 0 Å². The normalized spacial score (nSPS) is 60.4. The Morgan fingerprint density at radius 1 is 0.647 bits per heavy atom. The SMILES string of the molecule is Br[C@@H]1[C@H]2CC[C@H](C2)[C@H]1S[C@H]1[C@H]2CC[C@H](C2)[C@@H]1Br. The van der Waals surface area contributed by atoms with Crippen LogP contribution in [0.3, 0.4) is 0 Å². The summed E-state index contributed by atoms with van der Waals surface area (Å²) in [6.07, 6.45) is 9.04. The molecule has 4 rings (SSSR count). The van der Waals surface area contributed by atoms with Gasteiger partial charge in [0.2, 0.25) is 0 Å². The predicted molar refractivity (Wildman–Crippen MR) is 82.3 cm³/mol. The number of hydrogen-bond acceptors (Lipinski definition) is 1. The molecule has 0 aromatic carbocycles. The summed E-state index contributed by atoms with van der Waals surface area (Å²) in [7, 11) is 0. The van der Waals surface area contributed by atoms with Crippen molar-refractivity contribution < 1.29 is 0 Å². The molecule has 0 amide bonds. The van der Waals surface area contributed by atoms with Gasteiger partial charge in [-0.15, -0.1) is 0 Å². The lowest BCUT2D eigenvalue weighted by Gasteiger charge is -2.34. The van der Waals surface area contributed by atoms with E-state index in [9.17, 15) is 0 Å². The zero-order chi connectivity index (χ0) is 11.6. The first-order valence-electron chi connectivity index (χ1n) is 7.17. The van der Waals surface area contributed by atoms with Crippen LogP contribution in [0.25, 0.3) is 0 Å². The maximum absolute atomic E-state index is 4.01. The van der Waals surface area contributed by atoms with Crippen LogP contribution in [0.15, 0.2) is 0 Å². The lowest BCUT2D eigenvalue weighted by molar-refractivity contribution is 0.488. The van der Waals surface area contributed by atoms with Gasteiger partial charge in [0.05, 0.1) is 0 Å². The van der Waals surface area contributed by atoms with Crippen LogP contribution < -0.4 is 0 Å². The first kappa shape index (κ1) is 12.1. The number of hydrogen-bond donors (Lipinski definition) is 0. The van der Waals surface area contributed by atoms with E-state index in [0.717, 1.165) is 43.8 Å². The number of rotatable bonds is 2. The highest BCUT2D eigenvalue weighted by molar-refractivity contribution is 9.10. The molecule has 0 radical (unpaired) electrons. The van der Waals surface area contributed by atoms with E-state index < -0.39 is 0 Å². The van der Waals surface area contributed by atoms with Crippen molar-refractivity contribution in [2.24, 2.45) is 23.7 Å². The summed E-state index contributed by atoms with van der Waals surface area (Å²) in [6.45, 7) is 0. The van der Waals surface area contributed by atoms with Crippen LogP contribution in [0.5, 0.6) is 0 Å². The highest BCUT2D eigenvalue weighted by atomic mass is 79.9. The van der Waals surface area contributed by atoms with E-state index in [1.165, 1.54) is 38.5 Å². The van der Waals surface area contributed by atoms with Crippen molar-refractivity contribution in [2.45, 2.75) is 58.7 Å². The summed E-state index contributed by atoms with van der Waals surface area (Å²) in [4.78, 5) is 1.65. The monoisotopic (exact) mass is 378 g/mol. The Kier molecular flexibility index (Phi) is 3.13. The van der Waals surface area contributed by atoms with Gasteiger partial charge >= 0.3 is 0 Å². The van der Waals surface area contributed by atoms with Gasteiger partial charge in [-0.3, -0.25) is 0 Å². The van der Waals surface area contributed by atoms with Crippen LogP contribution in [0.2, 0.25) is 0 Å². The second-order valence-corrected chi connectivity index (χ2v) is 10.1. The third-order valence-corrected chi connectivity index (χ3v) is 11.1. The standard InChI is InChI=1S/C14H20Br2S/c15-11-7-1-3-9(5-7)13(11)17-14-10-4-2-8(6-10)12(14)16/h7-14H,1-6H2/t7-,8+,9+,10-,11+,12-,13+,14-. The topological polar surface area (TPSA) is 0 Å². The average molecular weight is 380 g/mol. The molecule has 8 atom stereocenters. The number of thioether (sulfide) groups is 1. The van der Waals surface area contributed by atoms with Crippen LogP contribution in [0, 0.1) is 23.7 Å². The molecule has 0 spiro atoms. The maximum atomic E-state index is 4.01. The molecule has 4 fully saturated rings. The number of alkyl halides is 2. The zero-order valence-electron chi connectivity index (χ0n) is 10.0. The Bertz CT molecular complexity index is 287. The minimum atomic E-state index is 0.824. The molecule has 3 heteroatoms. The summed E-state index contributed by atoms with van der Waals surface area (Å²) in [6, 6.07) is 0. The molecule has 0 N–H and O–H groups in total. The van der Waals surface area contributed by atoms with Crippen LogP contribution in [-0.2, 0) is 0 Å². The van der Waals surface area contributed by atoms with E-state index in [1.54, 1.807) is 0 Å². The minimum absolute atomic E-state index is 0.824. The lowest BCUT2D eigenvalue weighted by atomic mass is 9.99. The Morgan fingerprint density at radius 3 is 1.41 bits per heavy atom. The van der Waals surface area contributed by atoms with Gasteiger partial charge in [0.1, 0.15) is 0 Å². The Morgan fingerprint density at radius 2 is 1.06 bits per heavy atom. The molecule has 4 saturated carbocycles. The quantitative estimate of drug-likeness (QED) is 0.618. The number of halogens is 2. The molecule has 96 valence electrons. The molecule has 4 aliphatic rings. The first-order valence-corrected chi connectivity index (χ1v) is 9.95. The Balaban J connectivity index is 1.47. The van der Waals surface area contributed by atoms with E-state index in [1.807, 2.05) is 0 Å². The van der Waals surface area contributed by atoms with Gasteiger partial charge in [0, 0.05) is 20.2 Å². The Hall–Kier alpha value is 1.31. The van der Waals surface area contributed by atoms with Crippen LogP contribution in [0.1, 0.15) is 38.5 Å². The zero-order valence-corrected chi connectivity index (χ0v) is 14.0. The molecule has 0 heterocycles. The third kappa shape index (κ3) is 1.81. The molecule has 0 saturated heterocycles. The van der Waals surface area contributed by atoms with Crippen molar-refractivity contribution >= 4 is 43.6 Å². The van der Waals surface area contributed by atoms with Gasteiger partial charge in [-0.05, 0) is 62.2 Å². The smallest absolute Gasteiger partial charge is 0.0295 e. The fraction of sp³-hybridized carbons (Fsp3) is 1.00. The van der Waals surface area contributed by atoms with Gasteiger partial charge < -0.3 is 0 Å². The molecule has 0 aliphatic heterocycles. The van der Waals surface area contributed by atoms with Gasteiger partial charge in [-0.1, -0.05) is 31.9 Å². The second-order valence-electron chi connectivity index (χ2n) is 6.62. The van der Waals surface area contributed by atoms with Crippen molar-refractivity contribution in [1.29, 1.82) is 0 Å². The van der Waals surface area contributed by atoms with Crippen LogP contribution in [0.4, 0.5) is 0 Å².